The zero-order valence-corrected chi connectivity index (χ0v) is 16.4. The van der Waals surface area contributed by atoms with Crippen molar-refractivity contribution < 1.29 is 30.3 Å². The fraction of sp³-hybridized carbons (Fsp3) is 0.950. The number of aliphatic carboxylic acids is 1. The summed E-state index contributed by atoms with van der Waals surface area (Å²) in [4.78, 5) is 11.8. The summed E-state index contributed by atoms with van der Waals surface area (Å²) in [7, 11) is 0. The number of rotatable bonds is 18. The van der Waals surface area contributed by atoms with Crippen molar-refractivity contribution in [2.24, 2.45) is 5.41 Å². The van der Waals surface area contributed by atoms with Crippen LogP contribution in [0.2, 0.25) is 0 Å². The molecule has 0 rings (SSSR count). The van der Waals surface area contributed by atoms with Crippen molar-refractivity contribution in [3.8, 4) is 0 Å². The zero-order chi connectivity index (χ0) is 19.8. The van der Waals surface area contributed by atoms with Gasteiger partial charge in [-0.2, -0.15) is 0 Å². The summed E-state index contributed by atoms with van der Waals surface area (Å²) in [5, 5.41) is 47.3. The van der Waals surface area contributed by atoms with Crippen LogP contribution >= 0.6 is 0 Å². The summed E-state index contributed by atoms with van der Waals surface area (Å²) in [5.74, 6) is -1.09. The molecule has 0 amide bonds. The Kier molecular flexibility index (Phi) is 15.0. The van der Waals surface area contributed by atoms with Crippen LogP contribution < -0.4 is 0 Å². The quantitative estimate of drug-likeness (QED) is 0.235. The summed E-state index contributed by atoms with van der Waals surface area (Å²) in [6.45, 7) is 1.18. The molecule has 0 spiro atoms. The molecule has 2 unspecified atom stereocenters. The molecule has 0 aromatic heterocycles. The number of hydrogen-bond donors (Lipinski definition) is 5. The lowest BCUT2D eigenvalue weighted by Crippen LogP contribution is -2.39. The smallest absolute Gasteiger partial charge is 0.309 e. The van der Waals surface area contributed by atoms with E-state index in [9.17, 15) is 20.1 Å². The summed E-state index contributed by atoms with van der Waals surface area (Å²) >= 11 is 0. The minimum absolute atomic E-state index is 0.118. The van der Waals surface area contributed by atoms with E-state index in [1.165, 1.54) is 38.5 Å². The molecule has 0 heterocycles. The fourth-order valence-corrected chi connectivity index (χ4v) is 3.55. The molecule has 26 heavy (non-hydrogen) atoms. The Labute approximate surface area is 158 Å². The Bertz CT molecular complexity index is 335. The maximum Gasteiger partial charge on any atom is 0.309 e. The topological polar surface area (TPSA) is 118 Å². The molecule has 0 saturated heterocycles. The van der Waals surface area contributed by atoms with Crippen LogP contribution in [0.4, 0.5) is 0 Å². The molecule has 6 nitrogen and oxygen atoms in total. The van der Waals surface area contributed by atoms with Crippen LogP contribution in [-0.4, -0.2) is 56.9 Å². The van der Waals surface area contributed by atoms with Gasteiger partial charge in [0, 0.05) is 0 Å². The van der Waals surface area contributed by atoms with Gasteiger partial charge in [-0.1, -0.05) is 71.1 Å². The van der Waals surface area contributed by atoms with Crippen LogP contribution in [0.3, 0.4) is 0 Å². The molecule has 0 aliphatic heterocycles. The Morgan fingerprint density at radius 1 is 0.769 bits per heavy atom. The molecule has 0 radical (unpaired) electrons. The Hall–Kier alpha value is -0.690. The standard InChI is InChI=1S/C20H40O6/c1-2-3-4-5-6-7-8-9-10-11-12-20(19(25)26,13-17(23)15-21)14-18(24)16-22/h17-18,21-24H,2-16H2,1H3,(H,25,26). The minimum atomic E-state index is -1.32. The van der Waals surface area contributed by atoms with Crippen LogP contribution in [0, 0.1) is 5.41 Å². The lowest BCUT2D eigenvalue weighted by Gasteiger charge is -2.32. The summed E-state index contributed by atoms with van der Waals surface area (Å²) in [6.07, 6.45) is 9.22. The number of aliphatic hydroxyl groups is 4. The van der Waals surface area contributed by atoms with E-state index in [-0.39, 0.29) is 12.8 Å². The summed E-state index contributed by atoms with van der Waals surface area (Å²) < 4.78 is 0. The Morgan fingerprint density at radius 2 is 1.15 bits per heavy atom. The minimum Gasteiger partial charge on any atom is -0.481 e. The van der Waals surface area contributed by atoms with Crippen molar-refractivity contribution in [3.05, 3.63) is 0 Å². The highest BCUT2D eigenvalue weighted by atomic mass is 16.4. The van der Waals surface area contributed by atoms with E-state index in [1.54, 1.807) is 0 Å². The van der Waals surface area contributed by atoms with Gasteiger partial charge in [0.05, 0.1) is 30.8 Å². The average Bonchev–Trinajstić information content (AvgIpc) is 2.62. The maximum atomic E-state index is 11.8. The third-order valence-corrected chi connectivity index (χ3v) is 5.14. The second kappa shape index (κ2) is 15.4. The van der Waals surface area contributed by atoms with Crippen LogP contribution in [0.5, 0.6) is 0 Å². The first kappa shape index (κ1) is 25.3. The first-order valence-electron chi connectivity index (χ1n) is 10.2. The van der Waals surface area contributed by atoms with E-state index in [0.717, 1.165) is 19.3 Å². The largest absolute Gasteiger partial charge is 0.481 e. The van der Waals surface area contributed by atoms with Crippen molar-refractivity contribution in [2.75, 3.05) is 13.2 Å². The van der Waals surface area contributed by atoms with Gasteiger partial charge in [-0.25, -0.2) is 0 Å². The average molecular weight is 377 g/mol. The molecule has 0 aliphatic carbocycles. The summed E-state index contributed by atoms with van der Waals surface area (Å²) in [5.41, 5.74) is -1.32. The van der Waals surface area contributed by atoms with Crippen molar-refractivity contribution in [3.63, 3.8) is 0 Å². The van der Waals surface area contributed by atoms with Crippen LogP contribution in [0.25, 0.3) is 0 Å². The van der Waals surface area contributed by atoms with Gasteiger partial charge in [-0.15, -0.1) is 0 Å². The third-order valence-electron chi connectivity index (χ3n) is 5.14. The highest BCUT2D eigenvalue weighted by Crippen LogP contribution is 2.36. The lowest BCUT2D eigenvalue weighted by molar-refractivity contribution is -0.155. The van der Waals surface area contributed by atoms with Gasteiger partial charge in [0.2, 0.25) is 0 Å². The number of aliphatic hydroxyl groups excluding tert-OH is 4. The molecule has 0 aromatic carbocycles. The lowest BCUT2D eigenvalue weighted by atomic mass is 9.73. The van der Waals surface area contributed by atoms with Gasteiger partial charge in [-0.3, -0.25) is 4.79 Å². The second-order valence-corrected chi connectivity index (χ2v) is 7.60. The van der Waals surface area contributed by atoms with Gasteiger partial charge in [0.1, 0.15) is 0 Å². The first-order chi connectivity index (χ1) is 12.4. The number of hydrogen-bond acceptors (Lipinski definition) is 5. The van der Waals surface area contributed by atoms with E-state index in [4.69, 9.17) is 10.2 Å². The highest BCUT2D eigenvalue weighted by Gasteiger charge is 2.41. The van der Waals surface area contributed by atoms with E-state index >= 15 is 0 Å². The van der Waals surface area contributed by atoms with Gasteiger partial charge < -0.3 is 25.5 Å². The van der Waals surface area contributed by atoms with Crippen molar-refractivity contribution in [1.82, 2.24) is 0 Å². The first-order valence-corrected chi connectivity index (χ1v) is 10.2. The molecule has 0 saturated carbocycles. The van der Waals surface area contributed by atoms with Crippen molar-refractivity contribution in [1.29, 1.82) is 0 Å². The van der Waals surface area contributed by atoms with Gasteiger partial charge in [0.15, 0.2) is 0 Å². The van der Waals surface area contributed by atoms with E-state index in [0.29, 0.717) is 12.8 Å². The molecular formula is C20H40O6. The fourth-order valence-electron chi connectivity index (χ4n) is 3.55. The van der Waals surface area contributed by atoms with E-state index < -0.39 is 36.8 Å². The van der Waals surface area contributed by atoms with Gasteiger partial charge in [0.25, 0.3) is 0 Å². The molecule has 2 atom stereocenters. The monoisotopic (exact) mass is 376 g/mol. The summed E-state index contributed by atoms with van der Waals surface area (Å²) in [6, 6.07) is 0. The van der Waals surface area contributed by atoms with E-state index in [2.05, 4.69) is 6.92 Å². The molecule has 0 aromatic rings. The molecule has 0 aliphatic rings. The molecule has 0 fully saturated rings. The SMILES string of the molecule is CCCCCCCCCCCCC(CC(O)CO)(CC(O)CO)C(=O)O. The number of carboxylic acid groups (broad SMARTS) is 1. The van der Waals surface area contributed by atoms with E-state index in [1.807, 2.05) is 0 Å². The third kappa shape index (κ3) is 11.1. The molecule has 5 N–H and O–H groups in total. The van der Waals surface area contributed by atoms with Crippen molar-refractivity contribution >= 4 is 5.97 Å². The Balaban J connectivity index is 4.31. The number of carboxylic acids is 1. The normalized spacial score (nSPS) is 16.2. The number of carbonyl (C=O) groups is 1. The number of unbranched alkanes of at least 4 members (excludes halogenated alkanes) is 9. The zero-order valence-electron chi connectivity index (χ0n) is 16.4. The van der Waals surface area contributed by atoms with Crippen LogP contribution in [0.1, 0.15) is 90.4 Å². The van der Waals surface area contributed by atoms with Gasteiger partial charge >= 0.3 is 5.97 Å². The predicted molar refractivity (Wildman–Crippen MR) is 102 cm³/mol. The second-order valence-electron chi connectivity index (χ2n) is 7.60. The molecule has 0 bridgehead atoms. The van der Waals surface area contributed by atoms with Crippen LogP contribution in [0.15, 0.2) is 0 Å². The Morgan fingerprint density at radius 3 is 1.50 bits per heavy atom. The molecular weight excluding hydrogens is 336 g/mol. The van der Waals surface area contributed by atoms with Crippen LogP contribution in [-0.2, 0) is 4.79 Å². The highest BCUT2D eigenvalue weighted by molar-refractivity contribution is 5.74. The molecule has 156 valence electrons. The van der Waals surface area contributed by atoms with Gasteiger partial charge in [-0.05, 0) is 19.3 Å². The maximum absolute atomic E-state index is 11.8. The predicted octanol–water partition coefficient (Wildman–Crippen LogP) is 2.86. The molecule has 6 heteroatoms. The van der Waals surface area contributed by atoms with Crippen molar-refractivity contribution in [2.45, 2.75) is 103 Å².